The second-order valence-corrected chi connectivity index (χ2v) is 6.29. The number of hydrogen-bond acceptors (Lipinski definition) is 7. The van der Waals surface area contributed by atoms with E-state index in [0.717, 1.165) is 25.9 Å². The van der Waals surface area contributed by atoms with Crippen LogP contribution < -0.4 is 15.5 Å². The highest BCUT2D eigenvalue weighted by Crippen LogP contribution is 2.22. The van der Waals surface area contributed by atoms with Gasteiger partial charge in [-0.1, -0.05) is 0 Å². The van der Waals surface area contributed by atoms with E-state index in [9.17, 15) is 14.4 Å². The van der Waals surface area contributed by atoms with Crippen LogP contribution in [-0.2, 0) is 19.2 Å². The van der Waals surface area contributed by atoms with E-state index in [0.29, 0.717) is 5.56 Å². The molecule has 2 rings (SSSR count). The summed E-state index contributed by atoms with van der Waals surface area (Å²) in [6, 6.07) is 6.03. The molecule has 0 saturated carbocycles. The Hall–Kier alpha value is -2.45. The summed E-state index contributed by atoms with van der Waals surface area (Å²) in [5.41, 5.74) is -1.13. The Balaban J connectivity index is 2.14. The molecule has 1 aromatic carbocycles. The molecule has 26 heavy (non-hydrogen) atoms. The third kappa shape index (κ3) is 5.53. The smallest absolute Gasteiger partial charge is 0.345 e. The van der Waals surface area contributed by atoms with Crippen LogP contribution in [0, 0.1) is 0 Å². The minimum Gasteiger partial charge on any atom is -0.345 e. The van der Waals surface area contributed by atoms with E-state index in [1.807, 2.05) is 0 Å². The Kier molecular flexibility index (Phi) is 6.70. The fourth-order valence-corrected chi connectivity index (χ4v) is 2.77. The number of hydrogen-bond donors (Lipinski definition) is 2. The molecule has 0 aromatic heterocycles. The molecular weight excluding hydrogens is 340 g/mol. The van der Waals surface area contributed by atoms with Gasteiger partial charge in [0, 0.05) is 19.4 Å². The first kappa shape index (κ1) is 19.9. The van der Waals surface area contributed by atoms with Gasteiger partial charge in [-0.15, -0.1) is 0 Å². The second kappa shape index (κ2) is 8.77. The van der Waals surface area contributed by atoms with Gasteiger partial charge >= 0.3 is 5.97 Å². The molecule has 0 spiro atoms. The number of rotatable bonds is 7. The van der Waals surface area contributed by atoms with Crippen LogP contribution in [0.2, 0.25) is 0 Å². The third-order valence-electron chi connectivity index (χ3n) is 3.91. The molecule has 142 valence electrons. The van der Waals surface area contributed by atoms with E-state index in [1.54, 1.807) is 6.92 Å². The van der Waals surface area contributed by atoms with Gasteiger partial charge in [-0.2, -0.15) is 0 Å². The number of Topliss-reactive ketones (excluding diaryl/α,β-unsaturated/α-hetero) is 1. The Bertz CT molecular complexity index is 654. The van der Waals surface area contributed by atoms with E-state index in [2.05, 4.69) is 15.5 Å². The summed E-state index contributed by atoms with van der Waals surface area (Å²) in [4.78, 5) is 44.6. The normalized spacial score (nSPS) is 17.0. The lowest BCUT2D eigenvalue weighted by atomic mass is 10.0. The number of ether oxygens (including phenoxy) is 1. The van der Waals surface area contributed by atoms with Crippen molar-refractivity contribution in [2.45, 2.75) is 45.4 Å². The SMILES string of the molecule is CC(=O)NC(C)(OC1CCNCC1)C(=O)c1ccc(OOC(C)=O)cc1. The van der Waals surface area contributed by atoms with Gasteiger partial charge in [0.25, 0.3) is 0 Å². The summed E-state index contributed by atoms with van der Waals surface area (Å²) >= 11 is 0. The van der Waals surface area contributed by atoms with Crippen molar-refractivity contribution in [1.29, 1.82) is 0 Å². The quantitative estimate of drug-likeness (QED) is 0.326. The number of carbonyl (C=O) groups excluding carboxylic acids is 3. The third-order valence-corrected chi connectivity index (χ3v) is 3.91. The molecule has 2 N–H and O–H groups in total. The summed E-state index contributed by atoms with van der Waals surface area (Å²) in [6.07, 6.45) is 1.40. The monoisotopic (exact) mass is 364 g/mol. The van der Waals surface area contributed by atoms with Gasteiger partial charge in [0.15, 0.2) is 5.75 Å². The van der Waals surface area contributed by atoms with Crippen LogP contribution in [0.25, 0.3) is 0 Å². The van der Waals surface area contributed by atoms with Crippen LogP contribution in [0.15, 0.2) is 24.3 Å². The molecule has 1 saturated heterocycles. The van der Waals surface area contributed by atoms with Crippen molar-refractivity contribution in [3.8, 4) is 5.75 Å². The summed E-state index contributed by atoms with van der Waals surface area (Å²) in [5.74, 6) is -1.04. The Morgan fingerprint density at radius 2 is 1.73 bits per heavy atom. The maximum atomic E-state index is 13.0. The van der Waals surface area contributed by atoms with E-state index in [-0.39, 0.29) is 23.5 Å². The van der Waals surface area contributed by atoms with Crippen LogP contribution in [-0.4, -0.2) is 42.6 Å². The summed E-state index contributed by atoms with van der Waals surface area (Å²) in [6.45, 7) is 5.72. The highest BCUT2D eigenvalue weighted by atomic mass is 17.2. The highest BCUT2D eigenvalue weighted by Gasteiger charge is 2.38. The summed E-state index contributed by atoms with van der Waals surface area (Å²) < 4.78 is 5.99. The predicted molar refractivity (Wildman–Crippen MR) is 92.4 cm³/mol. The molecule has 1 amide bonds. The van der Waals surface area contributed by atoms with Crippen LogP contribution in [0.1, 0.15) is 44.0 Å². The second-order valence-electron chi connectivity index (χ2n) is 6.29. The summed E-state index contributed by atoms with van der Waals surface area (Å²) in [7, 11) is 0. The lowest BCUT2D eigenvalue weighted by Crippen LogP contribution is -2.56. The van der Waals surface area contributed by atoms with Crippen molar-refractivity contribution in [3.63, 3.8) is 0 Å². The van der Waals surface area contributed by atoms with Crippen molar-refractivity contribution in [2.75, 3.05) is 13.1 Å². The molecule has 1 aliphatic heterocycles. The minimum atomic E-state index is -1.47. The standard InChI is InChI=1S/C18H24N2O6/c1-12(21)20-18(3,24-15-8-10-19-11-9-15)17(23)14-4-6-16(7-5-14)26-25-13(2)22/h4-7,15,19H,8-11H2,1-3H3,(H,20,21). The van der Waals surface area contributed by atoms with Crippen molar-refractivity contribution >= 4 is 17.7 Å². The zero-order chi connectivity index (χ0) is 19.2. The first-order chi connectivity index (χ1) is 12.3. The molecule has 8 nitrogen and oxygen atoms in total. The lowest BCUT2D eigenvalue weighted by molar-refractivity contribution is -0.210. The Morgan fingerprint density at radius 1 is 1.12 bits per heavy atom. The predicted octanol–water partition coefficient (Wildman–Crippen LogP) is 1.35. The van der Waals surface area contributed by atoms with E-state index in [1.165, 1.54) is 38.1 Å². The van der Waals surface area contributed by atoms with E-state index in [4.69, 9.17) is 9.62 Å². The van der Waals surface area contributed by atoms with E-state index >= 15 is 0 Å². The van der Waals surface area contributed by atoms with Crippen LogP contribution in [0.4, 0.5) is 0 Å². The molecule has 1 aromatic rings. The molecule has 0 bridgehead atoms. The molecule has 1 heterocycles. The van der Waals surface area contributed by atoms with Gasteiger partial charge in [0.05, 0.1) is 6.10 Å². The first-order valence-corrected chi connectivity index (χ1v) is 8.47. The lowest BCUT2D eigenvalue weighted by Gasteiger charge is -2.35. The zero-order valence-corrected chi connectivity index (χ0v) is 15.2. The highest BCUT2D eigenvalue weighted by molar-refractivity contribution is 6.03. The molecule has 1 fully saturated rings. The number of ketones is 1. The fourth-order valence-electron chi connectivity index (χ4n) is 2.77. The van der Waals surface area contributed by atoms with Gasteiger partial charge in [-0.25, -0.2) is 4.79 Å². The van der Waals surface area contributed by atoms with E-state index < -0.39 is 11.7 Å². The number of carbonyl (C=O) groups is 3. The van der Waals surface area contributed by atoms with Crippen molar-refractivity contribution in [2.24, 2.45) is 0 Å². The molecule has 1 aliphatic rings. The van der Waals surface area contributed by atoms with Gasteiger partial charge in [0.2, 0.25) is 17.4 Å². The first-order valence-electron chi connectivity index (χ1n) is 8.47. The van der Waals surface area contributed by atoms with Crippen LogP contribution in [0.5, 0.6) is 5.75 Å². The largest absolute Gasteiger partial charge is 0.352 e. The maximum absolute atomic E-state index is 13.0. The Labute approximate surface area is 152 Å². The number of nitrogens with one attached hydrogen (secondary N) is 2. The van der Waals surface area contributed by atoms with Gasteiger partial charge in [0.1, 0.15) is 0 Å². The fraction of sp³-hybridized carbons (Fsp3) is 0.500. The van der Waals surface area contributed by atoms with Gasteiger partial charge in [-0.05, 0) is 57.1 Å². The van der Waals surface area contributed by atoms with Gasteiger partial charge in [-0.3, -0.25) is 19.4 Å². The minimum absolute atomic E-state index is 0.122. The van der Waals surface area contributed by atoms with Crippen molar-refractivity contribution in [3.05, 3.63) is 29.8 Å². The summed E-state index contributed by atoms with van der Waals surface area (Å²) in [5, 5.41) is 5.85. The van der Waals surface area contributed by atoms with Crippen molar-refractivity contribution < 1.29 is 28.9 Å². The van der Waals surface area contributed by atoms with Gasteiger partial charge < -0.3 is 15.4 Å². The molecule has 1 atom stereocenters. The molecule has 0 radical (unpaired) electrons. The average molecular weight is 364 g/mol. The topological polar surface area (TPSA) is 103 Å². The maximum Gasteiger partial charge on any atom is 0.352 e. The molecule has 8 heteroatoms. The number of amides is 1. The number of piperidine rings is 1. The average Bonchev–Trinajstić information content (AvgIpc) is 2.60. The zero-order valence-electron chi connectivity index (χ0n) is 15.2. The van der Waals surface area contributed by atoms with Crippen molar-refractivity contribution in [1.82, 2.24) is 10.6 Å². The Morgan fingerprint density at radius 3 is 2.27 bits per heavy atom. The number of benzene rings is 1. The van der Waals surface area contributed by atoms with Crippen LogP contribution >= 0.6 is 0 Å². The molecule has 1 unspecified atom stereocenters. The molecule has 0 aliphatic carbocycles. The molecular formula is C18H24N2O6. The van der Waals surface area contributed by atoms with Crippen LogP contribution in [0.3, 0.4) is 0 Å².